The van der Waals surface area contributed by atoms with E-state index in [1.807, 2.05) is 65.6 Å². The van der Waals surface area contributed by atoms with Crippen LogP contribution in [0, 0.1) is 0 Å². The molecule has 4 rings (SSSR count). The molecule has 1 aliphatic heterocycles. The van der Waals surface area contributed by atoms with Gasteiger partial charge >= 0.3 is 5.97 Å². The van der Waals surface area contributed by atoms with Gasteiger partial charge in [0.05, 0.1) is 6.61 Å². The maximum atomic E-state index is 13.2. The molecule has 160 valence electrons. The van der Waals surface area contributed by atoms with Crippen molar-refractivity contribution in [1.82, 2.24) is 4.90 Å². The van der Waals surface area contributed by atoms with Gasteiger partial charge in [-0.15, -0.1) is 0 Å². The number of hydrogen-bond donors (Lipinski definition) is 1. The van der Waals surface area contributed by atoms with Gasteiger partial charge in [-0.1, -0.05) is 54.6 Å². The maximum absolute atomic E-state index is 13.2. The number of hydrogen-bond acceptors (Lipinski definition) is 3. The predicted octanol–water partition coefficient (Wildman–Crippen LogP) is 5.10. The number of carbonyl (C=O) groups excluding carboxylic acids is 1. The molecule has 1 aliphatic rings. The Hall–Kier alpha value is -3.34. The molecule has 1 N–H and O–H groups in total. The Kier molecular flexibility index (Phi) is 6.51. The number of carboxylic acids is 1. The van der Waals surface area contributed by atoms with Gasteiger partial charge in [0.15, 0.2) is 0 Å². The van der Waals surface area contributed by atoms with Crippen molar-refractivity contribution >= 4 is 22.6 Å². The zero-order valence-electron chi connectivity index (χ0n) is 17.5. The molecule has 1 fully saturated rings. The molecular formula is C26H27NO4. The number of ether oxygens (including phenoxy) is 1. The molecule has 0 radical (unpaired) electrons. The van der Waals surface area contributed by atoms with Crippen molar-refractivity contribution < 1.29 is 19.4 Å². The molecule has 31 heavy (non-hydrogen) atoms. The van der Waals surface area contributed by atoms with Gasteiger partial charge in [-0.2, -0.15) is 0 Å². The van der Waals surface area contributed by atoms with E-state index < -0.39 is 5.97 Å². The second-order valence-electron chi connectivity index (χ2n) is 7.98. The normalized spacial score (nSPS) is 14.5. The highest BCUT2D eigenvalue weighted by molar-refractivity contribution is 6.07. The Labute approximate surface area is 182 Å². The van der Waals surface area contributed by atoms with E-state index in [-0.39, 0.29) is 12.3 Å². The second-order valence-corrected chi connectivity index (χ2v) is 7.98. The first kappa shape index (κ1) is 20.9. The maximum Gasteiger partial charge on any atom is 0.303 e. The molecule has 0 atom stereocenters. The largest absolute Gasteiger partial charge is 0.493 e. The van der Waals surface area contributed by atoms with Crippen molar-refractivity contribution in [3.8, 4) is 5.75 Å². The lowest BCUT2D eigenvalue weighted by Crippen LogP contribution is -2.38. The molecule has 1 amide bonds. The van der Waals surface area contributed by atoms with Crippen LogP contribution < -0.4 is 4.74 Å². The van der Waals surface area contributed by atoms with Gasteiger partial charge in [0.2, 0.25) is 0 Å². The fraction of sp³-hybridized carbons (Fsp3) is 0.308. The Morgan fingerprint density at radius 1 is 0.935 bits per heavy atom. The summed E-state index contributed by atoms with van der Waals surface area (Å²) in [5.74, 6) is 0.438. The van der Waals surface area contributed by atoms with Crippen LogP contribution in [0.2, 0.25) is 0 Å². The first-order valence-electron chi connectivity index (χ1n) is 10.8. The lowest BCUT2D eigenvalue weighted by atomic mass is 9.88. The summed E-state index contributed by atoms with van der Waals surface area (Å²) >= 11 is 0. The number of amides is 1. The van der Waals surface area contributed by atoms with E-state index in [4.69, 9.17) is 9.84 Å². The molecule has 1 heterocycles. The summed E-state index contributed by atoms with van der Waals surface area (Å²) in [5.41, 5.74) is 1.91. The van der Waals surface area contributed by atoms with Crippen LogP contribution in [0.1, 0.15) is 47.5 Å². The van der Waals surface area contributed by atoms with Crippen LogP contribution in [0.15, 0.2) is 66.7 Å². The van der Waals surface area contributed by atoms with Crippen LogP contribution in [0.25, 0.3) is 10.8 Å². The van der Waals surface area contributed by atoms with Crippen LogP contribution >= 0.6 is 0 Å². The van der Waals surface area contributed by atoms with Crippen molar-refractivity contribution in [1.29, 1.82) is 0 Å². The Balaban J connectivity index is 1.41. The number of fused-ring (bicyclic) bond motifs is 1. The van der Waals surface area contributed by atoms with Crippen molar-refractivity contribution in [3.63, 3.8) is 0 Å². The van der Waals surface area contributed by atoms with Gasteiger partial charge < -0.3 is 14.7 Å². The highest BCUT2D eigenvalue weighted by Crippen LogP contribution is 2.35. The fourth-order valence-electron chi connectivity index (χ4n) is 4.33. The summed E-state index contributed by atoms with van der Waals surface area (Å²) in [6.45, 7) is 1.81. The predicted molar refractivity (Wildman–Crippen MR) is 121 cm³/mol. The molecule has 0 saturated carbocycles. The monoisotopic (exact) mass is 417 g/mol. The minimum atomic E-state index is -0.805. The highest BCUT2D eigenvalue weighted by atomic mass is 16.5. The molecule has 5 heteroatoms. The molecule has 3 aromatic rings. The minimum Gasteiger partial charge on any atom is -0.493 e. The summed E-state index contributed by atoms with van der Waals surface area (Å²) in [5, 5.41) is 10.9. The van der Waals surface area contributed by atoms with E-state index >= 15 is 0 Å². The van der Waals surface area contributed by atoms with Gasteiger partial charge in [0.1, 0.15) is 5.75 Å². The zero-order valence-corrected chi connectivity index (χ0v) is 17.5. The lowest BCUT2D eigenvalue weighted by molar-refractivity contribution is -0.137. The molecule has 0 unspecified atom stereocenters. The van der Waals surface area contributed by atoms with E-state index in [2.05, 4.69) is 6.07 Å². The third-order valence-electron chi connectivity index (χ3n) is 5.95. The molecular weight excluding hydrogens is 390 g/mol. The van der Waals surface area contributed by atoms with Gasteiger partial charge in [0.25, 0.3) is 5.91 Å². The Morgan fingerprint density at radius 3 is 2.45 bits per heavy atom. The van der Waals surface area contributed by atoms with Gasteiger partial charge in [-0.25, -0.2) is 0 Å². The molecule has 3 aromatic carbocycles. The summed E-state index contributed by atoms with van der Waals surface area (Å²) < 4.78 is 5.89. The number of rotatable bonds is 7. The van der Waals surface area contributed by atoms with E-state index in [0.29, 0.717) is 32.0 Å². The van der Waals surface area contributed by atoms with E-state index in [1.165, 1.54) is 0 Å². The van der Waals surface area contributed by atoms with E-state index in [9.17, 15) is 9.59 Å². The second kappa shape index (κ2) is 9.65. The number of carboxylic acid groups (broad SMARTS) is 1. The summed E-state index contributed by atoms with van der Waals surface area (Å²) in [4.78, 5) is 25.9. The van der Waals surface area contributed by atoms with Gasteiger partial charge in [-0.05, 0) is 53.6 Å². The van der Waals surface area contributed by atoms with E-state index in [1.54, 1.807) is 0 Å². The molecule has 1 saturated heterocycles. The zero-order chi connectivity index (χ0) is 21.6. The summed E-state index contributed by atoms with van der Waals surface area (Å²) in [7, 11) is 0. The number of nitrogens with zero attached hydrogens (tertiary/aromatic N) is 1. The third kappa shape index (κ3) is 4.88. The quantitative estimate of drug-likeness (QED) is 0.543. The van der Waals surface area contributed by atoms with Crippen molar-refractivity contribution in [3.05, 3.63) is 77.9 Å². The molecule has 0 aliphatic carbocycles. The van der Waals surface area contributed by atoms with Crippen LogP contribution in [-0.2, 0) is 4.79 Å². The van der Waals surface area contributed by atoms with Crippen molar-refractivity contribution in [2.45, 2.75) is 31.6 Å². The number of benzene rings is 3. The molecule has 5 nitrogen and oxygen atoms in total. The van der Waals surface area contributed by atoms with Gasteiger partial charge in [-0.3, -0.25) is 9.59 Å². The third-order valence-corrected chi connectivity index (χ3v) is 5.95. The topological polar surface area (TPSA) is 66.8 Å². The highest BCUT2D eigenvalue weighted by Gasteiger charge is 2.27. The molecule has 0 spiro atoms. The Morgan fingerprint density at radius 2 is 1.65 bits per heavy atom. The molecule has 0 bridgehead atoms. The number of carbonyl (C=O) groups is 2. The molecule has 0 aromatic heterocycles. The van der Waals surface area contributed by atoms with Crippen molar-refractivity contribution in [2.75, 3.05) is 19.7 Å². The van der Waals surface area contributed by atoms with Crippen LogP contribution in [0.4, 0.5) is 0 Å². The van der Waals surface area contributed by atoms with Crippen LogP contribution in [-0.4, -0.2) is 41.6 Å². The first-order valence-corrected chi connectivity index (χ1v) is 10.8. The fourth-order valence-corrected chi connectivity index (χ4v) is 4.33. The summed E-state index contributed by atoms with van der Waals surface area (Å²) in [6, 6.07) is 21.9. The average molecular weight is 418 g/mol. The summed E-state index contributed by atoms with van der Waals surface area (Å²) in [6.07, 6.45) is 2.36. The standard InChI is InChI=1S/C26H27NO4/c28-25(29)13-6-18-31-24-12-4-3-10-22(24)20-14-16-27(17-15-20)26(30)23-11-5-8-19-7-1-2-9-21(19)23/h1-5,7-12,20H,6,13-18H2,(H,28,29). The minimum absolute atomic E-state index is 0.0912. The number of aliphatic carboxylic acids is 1. The van der Waals surface area contributed by atoms with Crippen LogP contribution in [0.3, 0.4) is 0 Å². The smallest absolute Gasteiger partial charge is 0.303 e. The average Bonchev–Trinajstić information content (AvgIpc) is 2.81. The number of likely N-dealkylation sites (tertiary alicyclic amines) is 1. The van der Waals surface area contributed by atoms with Gasteiger partial charge in [0, 0.05) is 25.1 Å². The lowest BCUT2D eigenvalue weighted by Gasteiger charge is -2.33. The first-order chi connectivity index (χ1) is 15.1. The van der Waals surface area contributed by atoms with Crippen LogP contribution in [0.5, 0.6) is 5.75 Å². The number of para-hydroxylation sites is 1. The van der Waals surface area contributed by atoms with E-state index in [0.717, 1.165) is 40.5 Å². The SMILES string of the molecule is O=C(O)CCCOc1ccccc1C1CCN(C(=O)c2cccc3ccccc23)CC1. The Bertz CT molecular complexity index is 1060. The number of piperidine rings is 1. The van der Waals surface area contributed by atoms with Crippen molar-refractivity contribution in [2.24, 2.45) is 0 Å².